The molecule has 3 aromatic carbocycles. The Balaban J connectivity index is 1.65. The maximum atomic E-state index is 13.5. The van der Waals surface area contributed by atoms with Gasteiger partial charge in [0.1, 0.15) is 6.61 Å². The van der Waals surface area contributed by atoms with E-state index in [9.17, 15) is 9.90 Å². The van der Waals surface area contributed by atoms with Crippen molar-refractivity contribution in [1.82, 2.24) is 4.90 Å². The van der Waals surface area contributed by atoms with Crippen LogP contribution in [-0.2, 0) is 15.8 Å². The third-order valence-electron chi connectivity index (χ3n) is 7.87. The number of hydrogen-bond donors (Lipinski definition) is 1. The molecule has 202 valence electrons. The standard InChI is InChI=1S/C32H41NO4Si/c1-25-20-21-27(33(30(25)22-34)31(35)36-23-26-14-8-5-9-15-26)24-37-38(32(2,3)4,28-16-10-6-11-17-28)29-18-12-7-13-19-29/h5-19,25,27,30,34H,20-24H2,1-4H3/t25-,27+,30+/m1/s1. The molecule has 0 aromatic heterocycles. The number of carbonyl (C=O) groups is 1. The summed E-state index contributed by atoms with van der Waals surface area (Å²) in [6.07, 6.45) is 1.33. The molecule has 0 unspecified atom stereocenters. The van der Waals surface area contributed by atoms with Gasteiger partial charge in [0.15, 0.2) is 0 Å². The number of rotatable bonds is 8. The van der Waals surface area contributed by atoms with Crippen LogP contribution in [0, 0.1) is 5.92 Å². The molecule has 0 bridgehead atoms. The number of likely N-dealkylation sites (tertiary alicyclic amines) is 1. The first kappa shape index (κ1) is 28.1. The van der Waals surface area contributed by atoms with Crippen molar-refractivity contribution in [3.63, 3.8) is 0 Å². The van der Waals surface area contributed by atoms with Gasteiger partial charge in [-0.25, -0.2) is 4.79 Å². The highest BCUT2D eigenvalue weighted by Gasteiger charge is 2.51. The van der Waals surface area contributed by atoms with Crippen molar-refractivity contribution in [3.05, 3.63) is 96.6 Å². The van der Waals surface area contributed by atoms with Crippen LogP contribution in [0.3, 0.4) is 0 Å². The van der Waals surface area contributed by atoms with E-state index in [1.807, 2.05) is 42.5 Å². The van der Waals surface area contributed by atoms with Crippen LogP contribution in [0.1, 0.15) is 46.1 Å². The summed E-state index contributed by atoms with van der Waals surface area (Å²) in [5.74, 6) is 0.174. The van der Waals surface area contributed by atoms with E-state index in [1.165, 1.54) is 10.4 Å². The highest BCUT2D eigenvalue weighted by Crippen LogP contribution is 2.38. The fraction of sp³-hybridized carbons (Fsp3) is 0.406. The smallest absolute Gasteiger partial charge is 0.410 e. The molecule has 1 aliphatic heterocycles. The minimum absolute atomic E-state index is 0.0999. The summed E-state index contributed by atoms with van der Waals surface area (Å²) in [6, 6.07) is 30.3. The fourth-order valence-corrected chi connectivity index (χ4v) is 10.4. The van der Waals surface area contributed by atoms with Gasteiger partial charge in [-0.3, -0.25) is 4.90 Å². The third-order valence-corrected chi connectivity index (χ3v) is 12.9. The molecular formula is C32H41NO4Si. The van der Waals surface area contributed by atoms with Crippen molar-refractivity contribution in [2.24, 2.45) is 5.92 Å². The lowest BCUT2D eigenvalue weighted by Crippen LogP contribution is -2.68. The van der Waals surface area contributed by atoms with Crippen molar-refractivity contribution in [1.29, 1.82) is 0 Å². The average molecular weight is 532 g/mol. The molecule has 1 fully saturated rings. The number of amides is 1. The van der Waals surface area contributed by atoms with Crippen LogP contribution < -0.4 is 10.4 Å². The summed E-state index contributed by atoms with van der Waals surface area (Å²) in [7, 11) is -2.76. The summed E-state index contributed by atoms with van der Waals surface area (Å²) in [4.78, 5) is 15.3. The zero-order valence-electron chi connectivity index (χ0n) is 23.0. The van der Waals surface area contributed by atoms with Gasteiger partial charge in [0.2, 0.25) is 0 Å². The van der Waals surface area contributed by atoms with Gasteiger partial charge in [0.25, 0.3) is 8.32 Å². The molecule has 4 rings (SSSR count). The van der Waals surface area contributed by atoms with Crippen LogP contribution in [-0.4, -0.2) is 49.7 Å². The molecule has 1 amide bonds. The van der Waals surface area contributed by atoms with Gasteiger partial charge in [-0.05, 0) is 39.7 Å². The minimum Gasteiger partial charge on any atom is -0.445 e. The van der Waals surface area contributed by atoms with Crippen molar-refractivity contribution in [2.75, 3.05) is 13.2 Å². The number of piperidine rings is 1. The number of benzene rings is 3. The maximum Gasteiger partial charge on any atom is 0.410 e. The van der Waals surface area contributed by atoms with Crippen LogP contribution in [0.25, 0.3) is 0 Å². The Labute approximate surface area is 228 Å². The van der Waals surface area contributed by atoms with Gasteiger partial charge in [0.05, 0.1) is 25.3 Å². The number of aliphatic hydroxyl groups excluding tert-OH is 1. The van der Waals surface area contributed by atoms with Crippen LogP contribution >= 0.6 is 0 Å². The molecule has 3 atom stereocenters. The van der Waals surface area contributed by atoms with Crippen LogP contribution in [0.5, 0.6) is 0 Å². The van der Waals surface area contributed by atoms with Crippen LogP contribution in [0.15, 0.2) is 91.0 Å². The SMILES string of the molecule is C[C@@H]1CC[C@@H](CO[Si](c2ccccc2)(c2ccccc2)C(C)(C)C)N(C(=O)OCc2ccccc2)[C@H]1CO. The summed E-state index contributed by atoms with van der Waals surface area (Å²) >= 11 is 0. The maximum absolute atomic E-state index is 13.5. The number of ether oxygens (including phenoxy) is 1. The molecule has 1 aliphatic rings. The highest BCUT2D eigenvalue weighted by molar-refractivity contribution is 6.99. The van der Waals surface area contributed by atoms with Gasteiger partial charge >= 0.3 is 6.09 Å². The van der Waals surface area contributed by atoms with E-state index in [0.717, 1.165) is 18.4 Å². The second-order valence-corrected chi connectivity index (χ2v) is 15.7. The Morgan fingerprint density at radius 2 is 1.42 bits per heavy atom. The molecule has 5 nitrogen and oxygen atoms in total. The van der Waals surface area contributed by atoms with Gasteiger partial charge in [-0.1, -0.05) is 119 Å². The van der Waals surface area contributed by atoms with Gasteiger partial charge < -0.3 is 14.3 Å². The van der Waals surface area contributed by atoms with Crippen molar-refractivity contribution in [2.45, 2.75) is 64.3 Å². The Morgan fingerprint density at radius 3 is 1.92 bits per heavy atom. The Kier molecular flexibility index (Phi) is 9.08. The molecule has 1 heterocycles. The van der Waals surface area contributed by atoms with Gasteiger partial charge in [-0.2, -0.15) is 0 Å². The second-order valence-electron chi connectivity index (χ2n) is 11.4. The topological polar surface area (TPSA) is 59.0 Å². The molecule has 3 aromatic rings. The largest absolute Gasteiger partial charge is 0.445 e. The molecule has 1 saturated heterocycles. The predicted molar refractivity (Wildman–Crippen MR) is 155 cm³/mol. The normalized spacial score (nSPS) is 20.2. The van der Waals surface area contributed by atoms with Crippen molar-refractivity contribution in [3.8, 4) is 0 Å². The van der Waals surface area contributed by atoms with Crippen molar-refractivity contribution < 1.29 is 19.1 Å². The fourth-order valence-electron chi connectivity index (χ4n) is 5.82. The molecule has 38 heavy (non-hydrogen) atoms. The molecule has 0 aliphatic carbocycles. The van der Waals surface area contributed by atoms with Crippen LogP contribution in [0.4, 0.5) is 4.79 Å². The summed E-state index contributed by atoms with van der Waals surface area (Å²) in [5, 5.41) is 12.6. The molecule has 0 saturated carbocycles. The molecular weight excluding hydrogens is 490 g/mol. The molecule has 0 spiro atoms. The zero-order valence-corrected chi connectivity index (χ0v) is 24.0. The average Bonchev–Trinajstić information content (AvgIpc) is 2.93. The third kappa shape index (κ3) is 5.88. The quantitative estimate of drug-likeness (QED) is 0.398. The number of nitrogens with zero attached hydrogens (tertiary/aromatic N) is 1. The lowest BCUT2D eigenvalue weighted by atomic mass is 9.87. The van der Waals surface area contributed by atoms with E-state index in [-0.39, 0.29) is 36.3 Å². The zero-order chi connectivity index (χ0) is 27.2. The van der Waals surface area contributed by atoms with E-state index in [2.05, 4.69) is 76.2 Å². The molecule has 1 N–H and O–H groups in total. The summed E-state index contributed by atoms with van der Waals surface area (Å²) in [5.41, 5.74) is 0.937. The summed E-state index contributed by atoms with van der Waals surface area (Å²) in [6.45, 7) is 9.34. The van der Waals surface area contributed by atoms with Crippen LogP contribution in [0.2, 0.25) is 5.04 Å². The van der Waals surface area contributed by atoms with E-state index in [4.69, 9.17) is 9.16 Å². The van der Waals surface area contributed by atoms with Crippen molar-refractivity contribution >= 4 is 24.8 Å². The Morgan fingerprint density at radius 1 is 0.895 bits per heavy atom. The predicted octanol–water partition coefficient (Wildman–Crippen LogP) is 5.36. The Bertz CT molecular complexity index is 1110. The minimum atomic E-state index is -2.76. The van der Waals surface area contributed by atoms with Gasteiger partial charge in [-0.15, -0.1) is 0 Å². The van der Waals surface area contributed by atoms with E-state index in [0.29, 0.717) is 6.61 Å². The first-order chi connectivity index (χ1) is 18.3. The van der Waals surface area contributed by atoms with Gasteiger partial charge in [0, 0.05) is 0 Å². The highest BCUT2D eigenvalue weighted by atomic mass is 28.4. The molecule has 0 radical (unpaired) electrons. The Hall–Kier alpha value is -2.93. The first-order valence-corrected chi connectivity index (χ1v) is 15.5. The lowest BCUT2D eigenvalue weighted by molar-refractivity contribution is -0.0114. The molecule has 6 heteroatoms. The lowest BCUT2D eigenvalue weighted by Gasteiger charge is -2.47. The first-order valence-electron chi connectivity index (χ1n) is 13.6. The van der Waals surface area contributed by atoms with E-state index >= 15 is 0 Å². The van der Waals surface area contributed by atoms with E-state index in [1.54, 1.807) is 4.90 Å². The summed E-state index contributed by atoms with van der Waals surface area (Å²) < 4.78 is 13.0. The number of carbonyl (C=O) groups excluding carboxylic acids is 1. The number of aliphatic hydroxyl groups is 1. The number of hydrogen-bond acceptors (Lipinski definition) is 4. The second kappa shape index (κ2) is 12.3. The van der Waals surface area contributed by atoms with E-state index < -0.39 is 14.4 Å². The monoisotopic (exact) mass is 531 g/mol.